The van der Waals surface area contributed by atoms with Crippen LogP contribution in [0.4, 0.5) is 0 Å². The van der Waals surface area contributed by atoms with Gasteiger partial charge in [-0.05, 0) is 36.4 Å². The number of phenols is 1. The minimum atomic E-state index is 0.223. The molecule has 1 N–H and O–H groups in total. The summed E-state index contributed by atoms with van der Waals surface area (Å²) in [5.74, 6) is 0.223. The van der Waals surface area contributed by atoms with Crippen LogP contribution in [0, 0.1) is 6.07 Å². The molecule has 0 unspecified atom stereocenters. The highest BCUT2D eigenvalue weighted by atomic mass is 16.3. The lowest BCUT2D eigenvalue weighted by Gasteiger charge is -2.05. The molecule has 0 saturated carbocycles. The summed E-state index contributed by atoms with van der Waals surface area (Å²) in [5.41, 5.74) is 4.33. The quantitative estimate of drug-likeness (QED) is 0.613. The minimum absolute atomic E-state index is 0.223. The Kier molecular flexibility index (Phi) is 2.86. The molecule has 0 aliphatic heterocycles. The van der Waals surface area contributed by atoms with Gasteiger partial charge < -0.3 is 5.11 Å². The van der Waals surface area contributed by atoms with E-state index in [-0.39, 0.29) is 5.75 Å². The van der Waals surface area contributed by atoms with Crippen LogP contribution in [0.1, 0.15) is 0 Å². The van der Waals surface area contributed by atoms with Crippen molar-refractivity contribution >= 4 is 5.65 Å². The molecule has 0 fully saturated rings. The molecule has 0 aliphatic rings. The third kappa shape index (κ3) is 2.11. The lowest BCUT2D eigenvalue weighted by Crippen LogP contribution is -1.96. The van der Waals surface area contributed by atoms with E-state index in [4.69, 9.17) is 0 Å². The topological polar surface area (TPSA) is 50.4 Å². The zero-order valence-electron chi connectivity index (χ0n) is 11.6. The summed E-state index contributed by atoms with van der Waals surface area (Å²) < 4.78 is 1.79. The van der Waals surface area contributed by atoms with Crippen LogP contribution in [0.25, 0.3) is 28.2 Å². The van der Waals surface area contributed by atoms with Crippen molar-refractivity contribution in [3.63, 3.8) is 0 Å². The monoisotopic (exact) mass is 286 g/mol. The van der Waals surface area contributed by atoms with Crippen molar-refractivity contribution in [2.75, 3.05) is 0 Å². The SMILES string of the molecule is Oc1cccc(-c2cnc3ccc(-c4c[c]ccc4)nn23)c1. The van der Waals surface area contributed by atoms with Gasteiger partial charge in [0.1, 0.15) is 5.75 Å². The molecule has 0 bridgehead atoms. The molecule has 2 aromatic carbocycles. The van der Waals surface area contributed by atoms with Crippen LogP contribution >= 0.6 is 0 Å². The molecule has 0 spiro atoms. The van der Waals surface area contributed by atoms with Gasteiger partial charge in [0.2, 0.25) is 0 Å². The van der Waals surface area contributed by atoms with Crippen LogP contribution in [-0.4, -0.2) is 19.7 Å². The number of hydrogen-bond donors (Lipinski definition) is 1. The lowest BCUT2D eigenvalue weighted by atomic mass is 10.1. The van der Waals surface area contributed by atoms with Gasteiger partial charge in [0, 0.05) is 11.1 Å². The molecule has 0 atom stereocenters. The first-order valence-electron chi connectivity index (χ1n) is 6.92. The number of nitrogens with zero attached hydrogens (tertiary/aromatic N) is 3. The Hall–Kier alpha value is -3.14. The highest BCUT2D eigenvalue weighted by Crippen LogP contribution is 2.25. The van der Waals surface area contributed by atoms with Crippen molar-refractivity contribution in [2.24, 2.45) is 0 Å². The summed E-state index contributed by atoms with van der Waals surface area (Å²) in [7, 11) is 0. The maximum Gasteiger partial charge on any atom is 0.154 e. The molecule has 4 aromatic rings. The number of aromatic hydroxyl groups is 1. The third-order valence-corrected chi connectivity index (χ3v) is 3.51. The Morgan fingerprint density at radius 1 is 1.00 bits per heavy atom. The number of aromatic nitrogens is 3. The number of rotatable bonds is 2. The second-order valence-corrected chi connectivity index (χ2v) is 4.97. The first-order chi connectivity index (χ1) is 10.8. The summed E-state index contributed by atoms with van der Waals surface area (Å²) >= 11 is 0. The molecule has 2 aromatic heterocycles. The molecule has 4 rings (SSSR count). The Balaban J connectivity index is 1.91. The Labute approximate surface area is 127 Å². The first-order valence-corrected chi connectivity index (χ1v) is 6.92. The molecule has 105 valence electrons. The van der Waals surface area contributed by atoms with E-state index in [1.54, 1.807) is 28.9 Å². The van der Waals surface area contributed by atoms with Gasteiger partial charge in [0.25, 0.3) is 0 Å². The molecule has 0 amide bonds. The van der Waals surface area contributed by atoms with Crippen LogP contribution in [0.15, 0.2) is 66.9 Å². The van der Waals surface area contributed by atoms with Crippen molar-refractivity contribution < 1.29 is 5.11 Å². The molecule has 4 heteroatoms. The normalized spacial score (nSPS) is 10.9. The van der Waals surface area contributed by atoms with E-state index in [9.17, 15) is 5.11 Å². The van der Waals surface area contributed by atoms with E-state index in [2.05, 4.69) is 16.1 Å². The van der Waals surface area contributed by atoms with Gasteiger partial charge >= 0.3 is 0 Å². The second-order valence-electron chi connectivity index (χ2n) is 4.97. The molecule has 4 nitrogen and oxygen atoms in total. The molecular weight excluding hydrogens is 274 g/mol. The fourth-order valence-electron chi connectivity index (χ4n) is 2.44. The van der Waals surface area contributed by atoms with Crippen molar-refractivity contribution in [2.45, 2.75) is 0 Å². The van der Waals surface area contributed by atoms with Gasteiger partial charge in [-0.15, -0.1) is 0 Å². The largest absolute Gasteiger partial charge is 0.508 e. The molecule has 2 heterocycles. The standard InChI is InChI=1S/C18H12N3O/c22-15-8-4-7-14(11-15)17-12-19-18-10-9-16(20-21(17)18)13-5-2-1-3-6-13/h1-2,4-12,22H. The predicted molar refractivity (Wildman–Crippen MR) is 84.4 cm³/mol. The molecular formula is C18H12N3O. The molecule has 0 saturated heterocycles. The summed E-state index contributed by atoms with van der Waals surface area (Å²) in [6.07, 6.45) is 1.76. The summed E-state index contributed by atoms with van der Waals surface area (Å²) in [6, 6.07) is 21.7. The smallest absolute Gasteiger partial charge is 0.154 e. The predicted octanol–water partition coefficient (Wildman–Crippen LogP) is 3.57. The van der Waals surface area contributed by atoms with Crippen molar-refractivity contribution in [1.82, 2.24) is 14.6 Å². The third-order valence-electron chi connectivity index (χ3n) is 3.51. The summed E-state index contributed by atoms with van der Waals surface area (Å²) in [6.45, 7) is 0. The van der Waals surface area contributed by atoms with E-state index in [1.807, 2.05) is 42.5 Å². The zero-order valence-corrected chi connectivity index (χ0v) is 11.6. The van der Waals surface area contributed by atoms with Gasteiger partial charge in [0.15, 0.2) is 5.65 Å². The van der Waals surface area contributed by atoms with Crippen molar-refractivity contribution in [3.05, 3.63) is 72.9 Å². The van der Waals surface area contributed by atoms with Gasteiger partial charge in [-0.1, -0.05) is 30.3 Å². The fraction of sp³-hybridized carbons (Fsp3) is 0. The maximum absolute atomic E-state index is 9.66. The van der Waals surface area contributed by atoms with Crippen LogP contribution < -0.4 is 0 Å². The van der Waals surface area contributed by atoms with E-state index in [0.717, 1.165) is 28.2 Å². The highest BCUT2D eigenvalue weighted by Gasteiger charge is 2.09. The van der Waals surface area contributed by atoms with Crippen molar-refractivity contribution in [1.29, 1.82) is 0 Å². The van der Waals surface area contributed by atoms with E-state index in [0.29, 0.717) is 0 Å². The number of hydrogen-bond acceptors (Lipinski definition) is 3. The lowest BCUT2D eigenvalue weighted by molar-refractivity contribution is 0.475. The van der Waals surface area contributed by atoms with E-state index < -0.39 is 0 Å². The van der Waals surface area contributed by atoms with E-state index >= 15 is 0 Å². The molecule has 1 radical (unpaired) electrons. The Morgan fingerprint density at radius 3 is 2.73 bits per heavy atom. The fourth-order valence-corrected chi connectivity index (χ4v) is 2.44. The number of benzene rings is 2. The minimum Gasteiger partial charge on any atom is -0.508 e. The Morgan fingerprint density at radius 2 is 1.91 bits per heavy atom. The number of phenolic OH excluding ortho intramolecular Hbond substituents is 1. The van der Waals surface area contributed by atoms with Crippen LogP contribution in [0.2, 0.25) is 0 Å². The second kappa shape index (κ2) is 5.00. The van der Waals surface area contributed by atoms with Gasteiger partial charge in [-0.25, -0.2) is 9.50 Å². The van der Waals surface area contributed by atoms with Crippen LogP contribution in [-0.2, 0) is 0 Å². The maximum atomic E-state index is 9.66. The van der Waals surface area contributed by atoms with Gasteiger partial charge in [-0.3, -0.25) is 0 Å². The number of imidazole rings is 1. The first kappa shape index (κ1) is 12.6. The van der Waals surface area contributed by atoms with Gasteiger partial charge in [-0.2, -0.15) is 5.10 Å². The zero-order chi connectivity index (χ0) is 14.9. The highest BCUT2D eigenvalue weighted by molar-refractivity contribution is 5.66. The molecule has 22 heavy (non-hydrogen) atoms. The summed E-state index contributed by atoms with van der Waals surface area (Å²) in [4.78, 5) is 4.37. The average molecular weight is 286 g/mol. The number of fused-ring (bicyclic) bond motifs is 1. The Bertz CT molecular complexity index is 945. The van der Waals surface area contributed by atoms with Crippen LogP contribution in [0.3, 0.4) is 0 Å². The molecule has 0 aliphatic carbocycles. The average Bonchev–Trinajstić information content (AvgIpc) is 2.99. The van der Waals surface area contributed by atoms with Gasteiger partial charge in [0.05, 0.1) is 17.6 Å². The van der Waals surface area contributed by atoms with E-state index in [1.165, 1.54) is 0 Å². The van der Waals surface area contributed by atoms with Crippen LogP contribution in [0.5, 0.6) is 5.75 Å². The van der Waals surface area contributed by atoms with Crippen molar-refractivity contribution in [3.8, 4) is 28.3 Å². The summed E-state index contributed by atoms with van der Waals surface area (Å²) in [5, 5.41) is 14.3.